The van der Waals surface area contributed by atoms with Crippen molar-refractivity contribution in [3.63, 3.8) is 0 Å². The molecule has 5 nitrogen and oxygen atoms in total. The van der Waals surface area contributed by atoms with Crippen LogP contribution < -0.4 is 21.7 Å². The van der Waals surface area contributed by atoms with Crippen LogP contribution in [-0.2, 0) is 4.79 Å². The van der Waals surface area contributed by atoms with Crippen LogP contribution in [0.25, 0.3) is 0 Å². The number of benzene rings is 2. The zero-order valence-electron chi connectivity index (χ0n) is 11.6. The number of nitrogens with zero attached hydrogens (tertiary/aromatic N) is 1. The quantitative estimate of drug-likeness (QED) is 0.748. The fraction of sp³-hybridized carbons (Fsp3) is 0.133. The fourth-order valence-electron chi connectivity index (χ4n) is 1.80. The predicted octanol–water partition coefficient (Wildman–Crippen LogP) is 2.58. The molecular weight excluding hydrogens is 252 g/mol. The summed E-state index contributed by atoms with van der Waals surface area (Å²) in [6, 6.07) is 12.9. The second-order valence-corrected chi connectivity index (χ2v) is 4.60. The van der Waals surface area contributed by atoms with Crippen LogP contribution in [0.3, 0.4) is 0 Å². The largest absolute Gasteiger partial charge is 0.399 e. The van der Waals surface area contributed by atoms with Gasteiger partial charge in [-0.1, -0.05) is 0 Å². The minimum atomic E-state index is -0.00603. The summed E-state index contributed by atoms with van der Waals surface area (Å²) in [5, 5.41) is 3.21. The van der Waals surface area contributed by atoms with Crippen LogP contribution in [0.4, 0.5) is 28.4 Å². The molecule has 1 amide bonds. The minimum absolute atomic E-state index is 0.00603. The van der Waals surface area contributed by atoms with Gasteiger partial charge in [0.2, 0.25) is 5.91 Å². The SMILES string of the molecule is CC(=O)N(C)c1ccc(Nc2ccc(N)cc2N)cc1. The molecule has 0 unspecified atom stereocenters. The summed E-state index contributed by atoms with van der Waals surface area (Å²) < 4.78 is 0. The molecular formula is C15H18N4O. The molecule has 0 fully saturated rings. The van der Waals surface area contributed by atoms with Crippen molar-refractivity contribution >= 4 is 34.3 Å². The van der Waals surface area contributed by atoms with Gasteiger partial charge in [0, 0.05) is 31.0 Å². The van der Waals surface area contributed by atoms with Gasteiger partial charge in [0.05, 0.1) is 11.4 Å². The zero-order chi connectivity index (χ0) is 14.7. The van der Waals surface area contributed by atoms with Gasteiger partial charge in [-0.2, -0.15) is 0 Å². The lowest BCUT2D eigenvalue weighted by atomic mass is 10.2. The molecule has 0 spiro atoms. The molecule has 0 bridgehead atoms. The van der Waals surface area contributed by atoms with Crippen molar-refractivity contribution in [2.75, 3.05) is 28.7 Å². The van der Waals surface area contributed by atoms with Gasteiger partial charge in [0.15, 0.2) is 0 Å². The molecule has 104 valence electrons. The normalized spacial score (nSPS) is 10.1. The molecule has 0 saturated carbocycles. The van der Waals surface area contributed by atoms with E-state index in [2.05, 4.69) is 5.32 Å². The molecule has 0 heterocycles. The van der Waals surface area contributed by atoms with Gasteiger partial charge >= 0.3 is 0 Å². The Kier molecular flexibility index (Phi) is 3.79. The predicted molar refractivity (Wildman–Crippen MR) is 84.1 cm³/mol. The third-order valence-corrected chi connectivity index (χ3v) is 3.08. The van der Waals surface area contributed by atoms with E-state index < -0.39 is 0 Å². The Hall–Kier alpha value is -2.69. The van der Waals surface area contributed by atoms with E-state index in [-0.39, 0.29) is 5.91 Å². The van der Waals surface area contributed by atoms with Crippen LogP contribution in [0.15, 0.2) is 42.5 Å². The maximum Gasteiger partial charge on any atom is 0.223 e. The molecule has 5 heteroatoms. The number of amides is 1. The van der Waals surface area contributed by atoms with Crippen LogP contribution in [0.1, 0.15) is 6.92 Å². The Balaban J connectivity index is 2.16. The van der Waals surface area contributed by atoms with E-state index in [9.17, 15) is 4.79 Å². The van der Waals surface area contributed by atoms with Crippen LogP contribution in [0.5, 0.6) is 0 Å². The molecule has 0 aliphatic carbocycles. The summed E-state index contributed by atoms with van der Waals surface area (Å²) in [6.45, 7) is 1.53. The Bertz CT molecular complexity index is 622. The summed E-state index contributed by atoms with van der Waals surface area (Å²) in [6.07, 6.45) is 0. The van der Waals surface area contributed by atoms with Crippen LogP contribution in [-0.4, -0.2) is 13.0 Å². The molecule has 0 radical (unpaired) electrons. The molecule has 0 saturated heterocycles. The number of anilines is 5. The van der Waals surface area contributed by atoms with Crippen molar-refractivity contribution in [1.82, 2.24) is 0 Å². The molecule has 0 aliphatic rings. The van der Waals surface area contributed by atoms with Gasteiger partial charge in [-0.3, -0.25) is 4.79 Å². The van der Waals surface area contributed by atoms with E-state index in [0.29, 0.717) is 11.4 Å². The molecule has 2 aromatic rings. The number of hydrogen-bond acceptors (Lipinski definition) is 4. The van der Waals surface area contributed by atoms with E-state index in [4.69, 9.17) is 11.5 Å². The van der Waals surface area contributed by atoms with Gasteiger partial charge in [-0.05, 0) is 42.5 Å². The van der Waals surface area contributed by atoms with Gasteiger partial charge in [0.1, 0.15) is 0 Å². The summed E-state index contributed by atoms with van der Waals surface area (Å²) in [5.74, 6) is -0.00603. The second kappa shape index (κ2) is 5.52. The minimum Gasteiger partial charge on any atom is -0.399 e. The van der Waals surface area contributed by atoms with Gasteiger partial charge in [-0.15, -0.1) is 0 Å². The second-order valence-electron chi connectivity index (χ2n) is 4.60. The van der Waals surface area contributed by atoms with Crippen molar-refractivity contribution in [1.29, 1.82) is 0 Å². The van der Waals surface area contributed by atoms with Gasteiger partial charge in [0.25, 0.3) is 0 Å². The molecule has 0 aliphatic heterocycles. The molecule has 2 aromatic carbocycles. The van der Waals surface area contributed by atoms with Crippen LogP contribution in [0, 0.1) is 0 Å². The smallest absolute Gasteiger partial charge is 0.223 e. The molecule has 0 atom stereocenters. The summed E-state index contributed by atoms with van der Waals surface area (Å²) in [4.78, 5) is 12.9. The first kappa shape index (κ1) is 13.7. The van der Waals surface area contributed by atoms with Crippen molar-refractivity contribution in [2.45, 2.75) is 6.92 Å². The topological polar surface area (TPSA) is 84.4 Å². The third kappa shape index (κ3) is 3.00. The highest BCUT2D eigenvalue weighted by Crippen LogP contribution is 2.26. The fourth-order valence-corrected chi connectivity index (χ4v) is 1.80. The highest BCUT2D eigenvalue weighted by Gasteiger charge is 2.05. The lowest BCUT2D eigenvalue weighted by molar-refractivity contribution is -0.116. The van der Waals surface area contributed by atoms with Crippen LogP contribution >= 0.6 is 0 Å². The number of carbonyl (C=O) groups excluding carboxylic acids is 1. The van der Waals surface area contributed by atoms with Crippen molar-refractivity contribution in [2.24, 2.45) is 0 Å². The average Bonchev–Trinajstić information content (AvgIpc) is 2.42. The summed E-state index contributed by atoms with van der Waals surface area (Å²) in [5.41, 5.74) is 15.3. The maximum absolute atomic E-state index is 11.3. The van der Waals surface area contributed by atoms with Crippen LogP contribution in [0.2, 0.25) is 0 Å². The molecule has 2 rings (SSSR count). The number of nitrogens with one attached hydrogen (secondary N) is 1. The monoisotopic (exact) mass is 270 g/mol. The number of hydrogen-bond donors (Lipinski definition) is 3. The summed E-state index contributed by atoms with van der Waals surface area (Å²) in [7, 11) is 1.74. The number of nitrogen functional groups attached to an aromatic ring is 2. The lowest BCUT2D eigenvalue weighted by Gasteiger charge is -2.16. The van der Waals surface area contributed by atoms with Gasteiger partial charge < -0.3 is 21.7 Å². The Morgan fingerprint density at radius 3 is 2.30 bits per heavy atom. The molecule has 5 N–H and O–H groups in total. The van der Waals surface area contributed by atoms with E-state index in [1.54, 1.807) is 24.1 Å². The number of carbonyl (C=O) groups is 1. The van der Waals surface area contributed by atoms with E-state index in [1.807, 2.05) is 30.3 Å². The Morgan fingerprint density at radius 2 is 1.75 bits per heavy atom. The zero-order valence-corrected chi connectivity index (χ0v) is 11.6. The summed E-state index contributed by atoms with van der Waals surface area (Å²) >= 11 is 0. The third-order valence-electron chi connectivity index (χ3n) is 3.08. The Labute approximate surface area is 118 Å². The first-order valence-corrected chi connectivity index (χ1v) is 6.24. The van der Waals surface area contributed by atoms with E-state index in [0.717, 1.165) is 17.1 Å². The molecule has 0 aromatic heterocycles. The number of rotatable bonds is 3. The Morgan fingerprint density at radius 1 is 1.10 bits per heavy atom. The standard InChI is InChI=1S/C15H18N4O/c1-10(20)19(2)13-6-4-12(5-7-13)18-15-8-3-11(16)9-14(15)17/h3-9,18H,16-17H2,1-2H3. The molecule has 20 heavy (non-hydrogen) atoms. The first-order chi connectivity index (χ1) is 9.47. The van der Waals surface area contributed by atoms with Gasteiger partial charge in [-0.25, -0.2) is 0 Å². The average molecular weight is 270 g/mol. The van der Waals surface area contributed by atoms with Crippen molar-refractivity contribution in [3.8, 4) is 0 Å². The van der Waals surface area contributed by atoms with Crippen molar-refractivity contribution in [3.05, 3.63) is 42.5 Å². The van der Waals surface area contributed by atoms with Crippen molar-refractivity contribution < 1.29 is 4.79 Å². The first-order valence-electron chi connectivity index (χ1n) is 6.24. The lowest BCUT2D eigenvalue weighted by Crippen LogP contribution is -2.22. The highest BCUT2D eigenvalue weighted by atomic mass is 16.2. The van der Waals surface area contributed by atoms with E-state index in [1.165, 1.54) is 6.92 Å². The number of nitrogens with two attached hydrogens (primary N) is 2. The highest BCUT2D eigenvalue weighted by molar-refractivity contribution is 5.91. The maximum atomic E-state index is 11.3. The van der Waals surface area contributed by atoms with E-state index >= 15 is 0 Å².